The molecule has 6 nitrogen and oxygen atoms in total. The molecule has 0 aliphatic rings. The normalized spacial score (nSPS) is 10.6. The molecule has 0 saturated carbocycles. The first-order chi connectivity index (χ1) is 12.0. The summed E-state index contributed by atoms with van der Waals surface area (Å²) in [5.74, 6) is 0.281. The van der Waals surface area contributed by atoms with Crippen molar-refractivity contribution in [2.45, 2.75) is 24.6 Å². The topological polar surface area (TPSA) is 88.1 Å². The number of nitrogens with zero attached hydrogens (tertiary/aromatic N) is 4. The van der Waals surface area contributed by atoms with Gasteiger partial charge in [0.05, 0.1) is 11.3 Å². The van der Waals surface area contributed by atoms with Gasteiger partial charge < -0.3 is 0 Å². The van der Waals surface area contributed by atoms with Gasteiger partial charge in [-0.3, -0.25) is 14.0 Å². The minimum Gasteiger partial charge on any atom is -0.294 e. The van der Waals surface area contributed by atoms with Gasteiger partial charge in [0.15, 0.2) is 5.78 Å². The van der Waals surface area contributed by atoms with Crippen LogP contribution in [0.1, 0.15) is 34.2 Å². The van der Waals surface area contributed by atoms with E-state index in [1.165, 1.54) is 29.2 Å². The number of fused-ring (bicyclic) bond motifs is 1. The van der Waals surface area contributed by atoms with Gasteiger partial charge in [-0.1, -0.05) is 17.8 Å². The molecule has 0 aliphatic heterocycles. The number of pyridine rings is 2. The summed E-state index contributed by atoms with van der Waals surface area (Å²) >= 11 is 1.32. The third-order valence-corrected chi connectivity index (χ3v) is 4.68. The van der Waals surface area contributed by atoms with Crippen molar-refractivity contribution in [1.82, 2.24) is 14.4 Å². The van der Waals surface area contributed by atoms with Crippen LogP contribution in [-0.4, -0.2) is 20.2 Å². The Morgan fingerprint density at radius 1 is 1.32 bits per heavy atom. The molecule has 0 amide bonds. The van der Waals surface area contributed by atoms with Gasteiger partial charge in [0, 0.05) is 29.3 Å². The Hall–Kier alpha value is -2.98. The molecule has 3 rings (SSSR count). The number of nitriles is 1. The minimum atomic E-state index is -0.155. The number of aromatic nitrogens is 3. The number of ketones is 1. The highest BCUT2D eigenvalue weighted by molar-refractivity contribution is 7.98. The number of hydrogen-bond donors (Lipinski definition) is 0. The minimum absolute atomic E-state index is 0.123. The summed E-state index contributed by atoms with van der Waals surface area (Å²) < 4.78 is 1.47. The quantitative estimate of drug-likeness (QED) is 0.531. The number of carbonyl (C=O) groups excluding carboxylic acids is 1. The van der Waals surface area contributed by atoms with Gasteiger partial charge in [-0.2, -0.15) is 5.26 Å². The van der Waals surface area contributed by atoms with E-state index in [1.807, 2.05) is 6.07 Å². The van der Waals surface area contributed by atoms with Crippen LogP contribution in [0.3, 0.4) is 0 Å². The Kier molecular flexibility index (Phi) is 4.63. The van der Waals surface area contributed by atoms with Crippen LogP contribution >= 0.6 is 11.8 Å². The molecule has 124 valence electrons. The van der Waals surface area contributed by atoms with Crippen LogP contribution in [0.25, 0.3) is 5.65 Å². The van der Waals surface area contributed by atoms with Gasteiger partial charge in [0.1, 0.15) is 16.7 Å². The van der Waals surface area contributed by atoms with Crippen LogP contribution in [-0.2, 0) is 5.75 Å². The lowest BCUT2D eigenvalue weighted by Gasteiger charge is -2.08. The van der Waals surface area contributed by atoms with Crippen LogP contribution in [0.2, 0.25) is 0 Å². The highest BCUT2D eigenvalue weighted by Crippen LogP contribution is 2.25. The lowest BCUT2D eigenvalue weighted by Crippen LogP contribution is -2.14. The summed E-state index contributed by atoms with van der Waals surface area (Å²) in [5, 5.41) is 9.84. The molecule has 0 aliphatic carbocycles. The van der Waals surface area contributed by atoms with Crippen molar-refractivity contribution in [1.29, 1.82) is 5.26 Å². The molecule has 0 radical (unpaired) electrons. The van der Waals surface area contributed by atoms with E-state index in [0.717, 1.165) is 0 Å². The molecule has 3 heterocycles. The lowest BCUT2D eigenvalue weighted by molar-refractivity contribution is 0.101. The van der Waals surface area contributed by atoms with Gasteiger partial charge in [-0.15, -0.1) is 0 Å². The highest BCUT2D eigenvalue weighted by atomic mass is 32.2. The molecule has 3 aromatic heterocycles. The van der Waals surface area contributed by atoms with Gasteiger partial charge in [-0.05, 0) is 32.0 Å². The largest absolute Gasteiger partial charge is 0.294 e. The Morgan fingerprint density at radius 2 is 2.12 bits per heavy atom. The van der Waals surface area contributed by atoms with E-state index in [2.05, 4.69) is 16.0 Å². The number of carbonyl (C=O) groups is 1. The lowest BCUT2D eigenvalue weighted by atomic mass is 10.1. The summed E-state index contributed by atoms with van der Waals surface area (Å²) in [6.45, 7) is 3.19. The smallest absolute Gasteiger partial charge is 0.258 e. The van der Waals surface area contributed by atoms with Gasteiger partial charge in [0.2, 0.25) is 0 Å². The van der Waals surface area contributed by atoms with Crippen LogP contribution in [0.15, 0.2) is 46.3 Å². The van der Waals surface area contributed by atoms with Crippen molar-refractivity contribution in [2.24, 2.45) is 0 Å². The first-order valence-corrected chi connectivity index (χ1v) is 8.51. The van der Waals surface area contributed by atoms with Crippen molar-refractivity contribution in [3.63, 3.8) is 0 Å². The van der Waals surface area contributed by atoms with Crippen LogP contribution in [0, 0.1) is 18.3 Å². The molecule has 0 N–H and O–H groups in total. The molecular weight excluding hydrogens is 336 g/mol. The first-order valence-electron chi connectivity index (χ1n) is 7.52. The van der Waals surface area contributed by atoms with E-state index in [9.17, 15) is 14.9 Å². The van der Waals surface area contributed by atoms with Crippen molar-refractivity contribution >= 4 is 23.2 Å². The highest BCUT2D eigenvalue weighted by Gasteiger charge is 2.13. The zero-order valence-corrected chi connectivity index (χ0v) is 14.5. The molecule has 0 spiro atoms. The van der Waals surface area contributed by atoms with Gasteiger partial charge in [-0.25, -0.2) is 9.97 Å². The summed E-state index contributed by atoms with van der Waals surface area (Å²) in [6, 6.07) is 10.5. The first kappa shape index (κ1) is 16.9. The van der Waals surface area contributed by atoms with Crippen LogP contribution in [0.5, 0.6) is 0 Å². The zero-order valence-electron chi connectivity index (χ0n) is 13.7. The third-order valence-electron chi connectivity index (χ3n) is 3.66. The van der Waals surface area contributed by atoms with Crippen molar-refractivity contribution in [3.05, 3.63) is 69.4 Å². The van der Waals surface area contributed by atoms with E-state index >= 15 is 0 Å². The van der Waals surface area contributed by atoms with E-state index < -0.39 is 0 Å². The number of Topliss-reactive ketones (excluding diaryl/α,β-unsaturated/α-hetero) is 1. The fourth-order valence-electron chi connectivity index (χ4n) is 2.45. The van der Waals surface area contributed by atoms with Gasteiger partial charge >= 0.3 is 0 Å². The predicted molar refractivity (Wildman–Crippen MR) is 94.7 cm³/mol. The average molecular weight is 350 g/mol. The zero-order chi connectivity index (χ0) is 18.0. The summed E-state index contributed by atoms with van der Waals surface area (Å²) in [5.41, 5.74) is 2.40. The van der Waals surface area contributed by atoms with E-state index in [0.29, 0.717) is 38.9 Å². The Bertz CT molecular complexity index is 1080. The maximum absolute atomic E-state index is 12.1. The van der Waals surface area contributed by atoms with E-state index in [-0.39, 0.29) is 11.3 Å². The molecule has 0 bridgehead atoms. The molecule has 0 unspecified atom stereocenters. The number of thioether (sulfide) groups is 1. The average Bonchev–Trinajstić information content (AvgIpc) is 2.59. The molecular formula is C18H14N4O2S. The molecule has 0 atom stereocenters. The number of hydrogen-bond acceptors (Lipinski definition) is 6. The second-order valence-corrected chi connectivity index (χ2v) is 6.41. The molecule has 0 fully saturated rings. The SMILES string of the molecule is CC(=O)c1cc(C#N)c(SCc2cc(=O)n3ccccc3n2)nc1C. The summed E-state index contributed by atoms with van der Waals surface area (Å²) in [4.78, 5) is 32.5. The maximum atomic E-state index is 12.1. The summed E-state index contributed by atoms with van der Waals surface area (Å²) in [7, 11) is 0. The Labute approximate surface area is 148 Å². The van der Waals surface area contributed by atoms with Crippen molar-refractivity contribution < 1.29 is 4.79 Å². The maximum Gasteiger partial charge on any atom is 0.258 e. The van der Waals surface area contributed by atoms with Gasteiger partial charge in [0.25, 0.3) is 5.56 Å². The molecule has 7 heteroatoms. The van der Waals surface area contributed by atoms with Crippen LogP contribution < -0.4 is 5.56 Å². The second kappa shape index (κ2) is 6.87. The molecule has 25 heavy (non-hydrogen) atoms. The third kappa shape index (κ3) is 3.44. The number of rotatable bonds is 4. The fourth-order valence-corrected chi connectivity index (χ4v) is 3.34. The monoisotopic (exact) mass is 350 g/mol. The van der Waals surface area contributed by atoms with Crippen molar-refractivity contribution in [3.8, 4) is 6.07 Å². The standard InChI is InChI=1S/C18H14N4O2S/c1-11-15(12(2)23)7-13(9-19)18(20-11)25-10-14-8-17(24)22-6-4-3-5-16(22)21-14/h3-8H,10H2,1-2H3. The van der Waals surface area contributed by atoms with Crippen molar-refractivity contribution in [2.75, 3.05) is 0 Å². The molecule has 0 saturated heterocycles. The Morgan fingerprint density at radius 3 is 2.84 bits per heavy atom. The Balaban J connectivity index is 1.92. The summed E-state index contributed by atoms with van der Waals surface area (Å²) in [6.07, 6.45) is 1.67. The van der Waals surface area contributed by atoms with E-state index in [1.54, 1.807) is 31.3 Å². The molecule has 3 aromatic rings. The second-order valence-electron chi connectivity index (χ2n) is 5.45. The molecule has 0 aromatic carbocycles. The fraction of sp³-hybridized carbons (Fsp3) is 0.167. The van der Waals surface area contributed by atoms with Crippen LogP contribution in [0.4, 0.5) is 0 Å². The van der Waals surface area contributed by atoms with E-state index in [4.69, 9.17) is 0 Å². The predicted octanol–water partition coefficient (Wildman–Crippen LogP) is 2.76. The number of aryl methyl sites for hydroxylation is 1.